The number of benzene rings is 1. The summed E-state index contributed by atoms with van der Waals surface area (Å²) in [5, 5.41) is 9.88. The minimum Gasteiger partial charge on any atom is -0.374 e. The Morgan fingerprint density at radius 3 is 2.64 bits per heavy atom. The lowest BCUT2D eigenvalue weighted by atomic mass is 9.91. The Hall–Kier alpha value is -2.42. The normalized spacial score (nSPS) is 17.0. The number of rotatable bonds is 4. The molecule has 3 rings (SSSR count). The van der Waals surface area contributed by atoms with E-state index in [1.165, 1.54) is 11.0 Å². The van der Waals surface area contributed by atoms with E-state index in [0.29, 0.717) is 42.8 Å². The van der Waals surface area contributed by atoms with Crippen LogP contribution in [0.5, 0.6) is 0 Å². The van der Waals surface area contributed by atoms with E-state index in [1.54, 1.807) is 24.1 Å². The number of aliphatic hydroxyl groups is 1. The summed E-state index contributed by atoms with van der Waals surface area (Å²) in [6.45, 7) is -1.54. The summed E-state index contributed by atoms with van der Waals surface area (Å²) in [6.07, 6.45) is 0.0318. The van der Waals surface area contributed by atoms with Gasteiger partial charge >= 0.3 is 6.18 Å². The largest absolute Gasteiger partial charge is 0.424 e. The van der Waals surface area contributed by atoms with E-state index in [2.05, 4.69) is 4.98 Å². The monoisotopic (exact) mass is 399 g/mol. The first-order valence-electron chi connectivity index (χ1n) is 8.91. The number of carbonyl (C=O) groups excluding carboxylic acids is 1. The highest BCUT2D eigenvalue weighted by Gasteiger charge is 2.55. The van der Waals surface area contributed by atoms with Gasteiger partial charge in [0.1, 0.15) is 6.67 Å². The van der Waals surface area contributed by atoms with Crippen LogP contribution in [0.2, 0.25) is 0 Å². The van der Waals surface area contributed by atoms with Crippen molar-refractivity contribution in [2.45, 2.75) is 37.5 Å². The molecule has 0 bridgehead atoms. The first kappa shape index (κ1) is 20.3. The number of aromatic nitrogens is 2. The van der Waals surface area contributed by atoms with Crippen LogP contribution >= 0.6 is 0 Å². The molecule has 1 aromatic carbocycles. The van der Waals surface area contributed by atoms with Crippen LogP contribution in [0, 0.1) is 0 Å². The lowest BCUT2D eigenvalue weighted by molar-refractivity contribution is -0.271. The Morgan fingerprint density at radius 2 is 2.04 bits per heavy atom. The fraction of sp³-hybridized carbons (Fsp3) is 0.474. The van der Waals surface area contributed by atoms with E-state index in [1.807, 2.05) is 0 Å². The molecule has 1 amide bonds. The molecular formula is C19H21F4N3O2. The van der Waals surface area contributed by atoms with Gasteiger partial charge in [-0.05, 0) is 36.5 Å². The smallest absolute Gasteiger partial charge is 0.374 e. The van der Waals surface area contributed by atoms with Crippen LogP contribution in [-0.2, 0) is 30.3 Å². The van der Waals surface area contributed by atoms with Crippen LogP contribution in [0.15, 0.2) is 30.7 Å². The summed E-state index contributed by atoms with van der Waals surface area (Å²) >= 11 is 0. The van der Waals surface area contributed by atoms with E-state index in [0.717, 1.165) is 12.1 Å². The number of imidazole rings is 1. The Kier molecular flexibility index (Phi) is 5.47. The quantitative estimate of drug-likeness (QED) is 0.804. The second-order valence-electron chi connectivity index (χ2n) is 7.04. The molecule has 9 heteroatoms. The van der Waals surface area contributed by atoms with Crippen LogP contribution in [0.3, 0.4) is 0 Å². The zero-order chi connectivity index (χ0) is 20.5. The first-order valence-corrected chi connectivity index (χ1v) is 8.91. The number of hydrogen-bond donors (Lipinski definition) is 1. The molecule has 1 aliphatic rings. The SMILES string of the molecule is Cn1cnc(CC(=O)N2CCCCc3cc(C(O)(CF)C(F)(F)F)ccc32)c1. The molecule has 28 heavy (non-hydrogen) atoms. The van der Waals surface area contributed by atoms with Gasteiger partial charge < -0.3 is 14.6 Å². The standard InChI is InChI=1S/C19H21F4N3O2/c1-25-10-15(24-12-25)9-17(27)26-7-3-2-4-13-8-14(5-6-16(13)26)18(28,11-20)19(21,22)23/h5-6,8,10,12,28H,2-4,7,9,11H2,1H3. The highest BCUT2D eigenvalue weighted by atomic mass is 19.4. The second kappa shape index (κ2) is 7.54. The van der Waals surface area contributed by atoms with Gasteiger partial charge in [0.2, 0.25) is 11.5 Å². The molecule has 1 atom stereocenters. The summed E-state index contributed by atoms with van der Waals surface area (Å²) in [5.74, 6) is -0.217. The molecule has 152 valence electrons. The zero-order valence-corrected chi connectivity index (χ0v) is 15.3. The summed E-state index contributed by atoms with van der Waals surface area (Å²) in [6, 6.07) is 3.56. The van der Waals surface area contributed by atoms with Crippen LogP contribution in [0.4, 0.5) is 23.2 Å². The Morgan fingerprint density at radius 1 is 1.29 bits per heavy atom. The highest BCUT2D eigenvalue weighted by molar-refractivity contribution is 5.95. The zero-order valence-electron chi connectivity index (χ0n) is 15.3. The molecule has 2 aromatic rings. The van der Waals surface area contributed by atoms with Gasteiger partial charge in [0.05, 0.1) is 18.4 Å². The predicted octanol–water partition coefficient (Wildman–Crippen LogP) is 3.05. The predicted molar refractivity (Wildman–Crippen MR) is 94.6 cm³/mol. The van der Waals surface area contributed by atoms with Gasteiger partial charge in [-0.1, -0.05) is 12.1 Å². The van der Waals surface area contributed by atoms with Gasteiger partial charge in [-0.15, -0.1) is 0 Å². The van der Waals surface area contributed by atoms with Gasteiger partial charge in [-0.3, -0.25) is 4.79 Å². The van der Waals surface area contributed by atoms with Crippen LogP contribution in [0.25, 0.3) is 0 Å². The fourth-order valence-corrected chi connectivity index (χ4v) is 3.40. The third-order valence-electron chi connectivity index (χ3n) is 4.98. The third kappa shape index (κ3) is 3.76. The number of carbonyl (C=O) groups is 1. The minimum absolute atomic E-state index is 0.0685. The summed E-state index contributed by atoms with van der Waals surface area (Å²) < 4.78 is 54.4. The van der Waals surface area contributed by atoms with Crippen molar-refractivity contribution in [2.24, 2.45) is 7.05 Å². The highest BCUT2D eigenvalue weighted by Crippen LogP contribution is 2.41. The van der Waals surface area contributed by atoms with Crippen molar-refractivity contribution in [3.05, 3.63) is 47.5 Å². The summed E-state index contributed by atoms with van der Waals surface area (Å²) in [5.41, 5.74) is -2.54. The van der Waals surface area contributed by atoms with Crippen molar-refractivity contribution in [3.8, 4) is 0 Å². The van der Waals surface area contributed by atoms with Gasteiger partial charge in [-0.2, -0.15) is 13.2 Å². The molecule has 0 radical (unpaired) electrons. The lowest BCUT2D eigenvalue weighted by Gasteiger charge is -2.30. The maximum absolute atomic E-state index is 13.2. The number of amides is 1. The van der Waals surface area contributed by atoms with E-state index in [-0.39, 0.29) is 12.3 Å². The van der Waals surface area contributed by atoms with Crippen molar-refractivity contribution in [1.29, 1.82) is 0 Å². The fourth-order valence-electron chi connectivity index (χ4n) is 3.40. The van der Waals surface area contributed by atoms with Gasteiger partial charge in [0.25, 0.3) is 0 Å². The topological polar surface area (TPSA) is 58.4 Å². The van der Waals surface area contributed by atoms with Crippen molar-refractivity contribution < 1.29 is 27.5 Å². The van der Waals surface area contributed by atoms with E-state index in [9.17, 15) is 27.5 Å². The number of aryl methyl sites for hydroxylation is 2. The minimum atomic E-state index is -5.14. The van der Waals surface area contributed by atoms with Crippen molar-refractivity contribution in [3.63, 3.8) is 0 Å². The number of anilines is 1. The average molecular weight is 399 g/mol. The maximum atomic E-state index is 13.2. The Balaban J connectivity index is 1.93. The third-order valence-corrected chi connectivity index (χ3v) is 4.98. The van der Waals surface area contributed by atoms with Crippen LogP contribution in [0.1, 0.15) is 29.7 Å². The Labute approximate surface area is 159 Å². The molecule has 1 aromatic heterocycles. The molecule has 0 aliphatic carbocycles. The molecule has 0 saturated heterocycles. The number of halogens is 4. The van der Waals surface area contributed by atoms with E-state index in [4.69, 9.17) is 0 Å². The van der Waals surface area contributed by atoms with Crippen LogP contribution in [-0.4, -0.2) is 40.0 Å². The van der Waals surface area contributed by atoms with Crippen LogP contribution < -0.4 is 4.90 Å². The molecule has 2 heterocycles. The second-order valence-corrected chi connectivity index (χ2v) is 7.04. The Bertz CT molecular complexity index is 865. The molecule has 0 spiro atoms. The van der Waals surface area contributed by atoms with E-state index >= 15 is 0 Å². The van der Waals surface area contributed by atoms with E-state index < -0.39 is 24.0 Å². The molecule has 1 aliphatic heterocycles. The number of nitrogens with zero attached hydrogens (tertiary/aromatic N) is 3. The molecule has 1 N–H and O–H groups in total. The number of hydrogen-bond acceptors (Lipinski definition) is 3. The molecular weight excluding hydrogens is 378 g/mol. The first-order chi connectivity index (χ1) is 13.2. The van der Waals surface area contributed by atoms with Crippen molar-refractivity contribution in [1.82, 2.24) is 9.55 Å². The molecule has 0 fully saturated rings. The average Bonchev–Trinajstić information content (AvgIpc) is 2.92. The molecule has 0 saturated carbocycles. The summed E-state index contributed by atoms with van der Waals surface area (Å²) in [7, 11) is 1.79. The lowest BCUT2D eigenvalue weighted by Crippen LogP contribution is -2.44. The number of fused-ring (bicyclic) bond motifs is 1. The maximum Gasteiger partial charge on any atom is 0.424 e. The van der Waals surface area contributed by atoms with Gasteiger partial charge in [0, 0.05) is 25.5 Å². The van der Waals surface area contributed by atoms with Crippen molar-refractivity contribution >= 4 is 11.6 Å². The van der Waals surface area contributed by atoms with Gasteiger partial charge in [0.15, 0.2) is 0 Å². The molecule has 1 unspecified atom stereocenters. The number of alkyl halides is 4. The summed E-state index contributed by atoms with van der Waals surface area (Å²) in [4.78, 5) is 18.4. The van der Waals surface area contributed by atoms with Gasteiger partial charge in [-0.25, -0.2) is 9.37 Å². The molecule has 5 nitrogen and oxygen atoms in total. The van der Waals surface area contributed by atoms with Crippen molar-refractivity contribution in [2.75, 3.05) is 18.1 Å².